The summed E-state index contributed by atoms with van der Waals surface area (Å²) in [5, 5.41) is 18.5. The van der Waals surface area contributed by atoms with Crippen LogP contribution < -0.4 is 9.47 Å². The van der Waals surface area contributed by atoms with E-state index in [0.717, 1.165) is 27.7 Å². The second-order valence-corrected chi connectivity index (χ2v) is 8.79. The van der Waals surface area contributed by atoms with Gasteiger partial charge in [0.2, 0.25) is 12.4 Å². The smallest absolute Gasteiger partial charge is 0.303 e. The molecule has 15 nitrogen and oxygen atoms in total. The molecule has 2 rings (SSSR count). The van der Waals surface area contributed by atoms with Crippen LogP contribution in [0.1, 0.15) is 38.1 Å². The third-order valence-electron chi connectivity index (χ3n) is 5.63. The average Bonchev–Trinajstić information content (AvgIpc) is 2.89. The molecule has 1 aromatic carbocycles. The van der Waals surface area contributed by atoms with Crippen molar-refractivity contribution in [3.8, 4) is 11.5 Å². The molecule has 0 saturated carbocycles. The molecule has 41 heavy (non-hydrogen) atoms. The summed E-state index contributed by atoms with van der Waals surface area (Å²) in [4.78, 5) is 61.6. The summed E-state index contributed by atoms with van der Waals surface area (Å²) in [7, 11) is 1.31. The zero-order chi connectivity index (χ0) is 30.7. The van der Waals surface area contributed by atoms with Crippen molar-refractivity contribution < 1.29 is 67.3 Å². The maximum absolute atomic E-state index is 12.9. The van der Waals surface area contributed by atoms with Crippen LogP contribution in [0.25, 0.3) is 0 Å². The van der Waals surface area contributed by atoms with E-state index in [4.69, 9.17) is 33.2 Å². The minimum atomic E-state index is -1.51. The maximum Gasteiger partial charge on any atom is 0.303 e. The summed E-state index contributed by atoms with van der Waals surface area (Å²) in [6.45, 7) is 3.37. The van der Waals surface area contributed by atoms with Crippen LogP contribution in [0.4, 0.5) is 0 Å². The second-order valence-electron chi connectivity index (χ2n) is 8.79. The fraction of sp³-hybridized carbons (Fsp3) is 0.577. The summed E-state index contributed by atoms with van der Waals surface area (Å²) < 4.78 is 38.4. The SMILES string of the molecule is COc1cc(C(=O)N(CCO)CCO)ccc1O[C@@H]1OC(COC(C)=O)[C@@H](OC(C)=O)C(OC(C)=O)C1OC(C)=O. The summed E-state index contributed by atoms with van der Waals surface area (Å²) in [5.41, 5.74) is 0.151. The van der Waals surface area contributed by atoms with Crippen LogP contribution in [0, 0.1) is 0 Å². The Hall–Kier alpha value is -3.95. The molecule has 0 aromatic heterocycles. The van der Waals surface area contributed by atoms with Crippen molar-refractivity contribution >= 4 is 29.8 Å². The van der Waals surface area contributed by atoms with E-state index in [1.165, 1.54) is 30.2 Å². The van der Waals surface area contributed by atoms with Gasteiger partial charge >= 0.3 is 23.9 Å². The zero-order valence-electron chi connectivity index (χ0n) is 23.4. The number of nitrogens with zero attached hydrogens (tertiary/aromatic N) is 1. The van der Waals surface area contributed by atoms with E-state index < -0.39 is 67.1 Å². The van der Waals surface area contributed by atoms with Crippen molar-refractivity contribution in [1.82, 2.24) is 4.90 Å². The fourth-order valence-electron chi connectivity index (χ4n) is 4.05. The van der Waals surface area contributed by atoms with Crippen LogP contribution in [-0.4, -0.2) is 116 Å². The fourth-order valence-corrected chi connectivity index (χ4v) is 4.05. The first-order chi connectivity index (χ1) is 19.4. The minimum absolute atomic E-state index is 0.00923. The van der Waals surface area contributed by atoms with Crippen molar-refractivity contribution in [3.05, 3.63) is 23.8 Å². The third-order valence-corrected chi connectivity index (χ3v) is 5.63. The number of aliphatic hydroxyl groups is 2. The Labute approximate surface area is 236 Å². The van der Waals surface area contributed by atoms with E-state index in [9.17, 15) is 34.2 Å². The first kappa shape index (κ1) is 33.3. The van der Waals surface area contributed by atoms with E-state index in [0.29, 0.717) is 0 Å². The highest BCUT2D eigenvalue weighted by Crippen LogP contribution is 2.35. The predicted molar refractivity (Wildman–Crippen MR) is 136 cm³/mol. The van der Waals surface area contributed by atoms with Gasteiger partial charge in [0, 0.05) is 46.3 Å². The number of carbonyl (C=O) groups excluding carboxylic acids is 5. The topological polar surface area (TPSA) is 194 Å². The van der Waals surface area contributed by atoms with E-state index in [2.05, 4.69) is 0 Å². The number of hydrogen-bond donors (Lipinski definition) is 2. The van der Waals surface area contributed by atoms with Gasteiger partial charge in [-0.1, -0.05) is 0 Å². The van der Waals surface area contributed by atoms with Crippen molar-refractivity contribution in [1.29, 1.82) is 0 Å². The summed E-state index contributed by atoms with van der Waals surface area (Å²) >= 11 is 0. The van der Waals surface area contributed by atoms with Gasteiger partial charge in [-0.15, -0.1) is 0 Å². The number of amides is 1. The molecule has 1 aliphatic rings. The molecule has 1 fully saturated rings. The molecule has 0 radical (unpaired) electrons. The van der Waals surface area contributed by atoms with Crippen LogP contribution in [0.15, 0.2) is 18.2 Å². The van der Waals surface area contributed by atoms with E-state index in [1.54, 1.807) is 0 Å². The third kappa shape index (κ3) is 9.58. The number of esters is 4. The Kier molecular flexibility index (Phi) is 12.8. The molecule has 1 heterocycles. The molecular weight excluding hydrogens is 550 g/mol. The first-order valence-corrected chi connectivity index (χ1v) is 12.6. The summed E-state index contributed by atoms with van der Waals surface area (Å²) in [6, 6.07) is 4.12. The van der Waals surface area contributed by atoms with E-state index in [-0.39, 0.29) is 43.4 Å². The molecule has 1 amide bonds. The lowest BCUT2D eigenvalue weighted by Gasteiger charge is -2.44. The molecule has 0 aliphatic carbocycles. The molecule has 228 valence electrons. The number of rotatable bonds is 13. The normalized spacial score (nSPS) is 21.7. The monoisotopic (exact) mass is 585 g/mol. The molecule has 2 N–H and O–H groups in total. The molecule has 15 heteroatoms. The van der Waals surface area contributed by atoms with Crippen LogP contribution in [0.3, 0.4) is 0 Å². The first-order valence-electron chi connectivity index (χ1n) is 12.6. The molecule has 1 saturated heterocycles. The number of carbonyl (C=O) groups is 5. The minimum Gasteiger partial charge on any atom is -0.493 e. The van der Waals surface area contributed by atoms with Gasteiger partial charge in [-0.25, -0.2) is 0 Å². The summed E-state index contributed by atoms with van der Waals surface area (Å²) in [6.07, 6.45) is -6.99. The van der Waals surface area contributed by atoms with Gasteiger partial charge in [0.05, 0.1) is 20.3 Å². The molecule has 0 bridgehead atoms. The Morgan fingerprint density at radius 1 is 0.805 bits per heavy atom. The lowest BCUT2D eigenvalue weighted by Crippen LogP contribution is -2.63. The Bertz CT molecular complexity index is 1090. The van der Waals surface area contributed by atoms with Gasteiger partial charge in [0.25, 0.3) is 5.91 Å². The van der Waals surface area contributed by atoms with E-state index in [1.807, 2.05) is 0 Å². The standard InChI is InChI=1S/C26H35NO14/c1-14(30)36-13-21-22(37-15(2)31)23(38-16(3)32)24(39-17(4)33)26(41-21)40-19-7-6-18(12-20(19)35-5)25(34)27(8-10-28)9-11-29/h6-7,12,21-24,26,28-29H,8-11,13H2,1-5H3/t21?,22-,23?,24?,26-/m1/s1. The largest absolute Gasteiger partial charge is 0.493 e. The number of aliphatic hydroxyl groups excluding tert-OH is 2. The van der Waals surface area contributed by atoms with Crippen LogP contribution in [-0.2, 0) is 42.9 Å². The number of ether oxygens (including phenoxy) is 7. The Morgan fingerprint density at radius 2 is 1.37 bits per heavy atom. The molecule has 1 aromatic rings. The van der Waals surface area contributed by atoms with Gasteiger partial charge in [-0.2, -0.15) is 0 Å². The maximum atomic E-state index is 12.9. The summed E-state index contributed by atoms with van der Waals surface area (Å²) in [5.74, 6) is -3.47. The van der Waals surface area contributed by atoms with Crippen LogP contribution in [0.2, 0.25) is 0 Å². The predicted octanol–water partition coefficient (Wildman–Crippen LogP) is -0.416. The lowest BCUT2D eigenvalue weighted by molar-refractivity contribution is -0.288. The highest BCUT2D eigenvalue weighted by molar-refractivity contribution is 5.95. The highest BCUT2D eigenvalue weighted by atomic mass is 16.7. The number of hydrogen-bond acceptors (Lipinski definition) is 14. The van der Waals surface area contributed by atoms with Crippen LogP contribution in [0.5, 0.6) is 11.5 Å². The average molecular weight is 586 g/mol. The highest BCUT2D eigenvalue weighted by Gasteiger charge is 2.53. The Balaban J connectivity index is 2.50. The zero-order valence-corrected chi connectivity index (χ0v) is 23.4. The van der Waals surface area contributed by atoms with Gasteiger partial charge in [0.1, 0.15) is 12.7 Å². The molecular formula is C26H35NO14. The van der Waals surface area contributed by atoms with Crippen molar-refractivity contribution in [2.24, 2.45) is 0 Å². The quantitative estimate of drug-likeness (QED) is 0.224. The van der Waals surface area contributed by atoms with Gasteiger partial charge in [0.15, 0.2) is 23.7 Å². The Morgan fingerprint density at radius 3 is 1.88 bits per heavy atom. The van der Waals surface area contributed by atoms with E-state index >= 15 is 0 Å². The number of benzene rings is 1. The lowest BCUT2D eigenvalue weighted by atomic mass is 9.98. The van der Waals surface area contributed by atoms with Crippen LogP contribution >= 0.6 is 0 Å². The van der Waals surface area contributed by atoms with Crippen molar-refractivity contribution in [2.45, 2.75) is 58.4 Å². The van der Waals surface area contributed by atoms with Gasteiger partial charge in [-0.05, 0) is 18.2 Å². The van der Waals surface area contributed by atoms with Gasteiger partial charge < -0.3 is 48.3 Å². The van der Waals surface area contributed by atoms with Crippen molar-refractivity contribution in [3.63, 3.8) is 0 Å². The number of methoxy groups -OCH3 is 1. The molecule has 5 atom stereocenters. The molecule has 1 aliphatic heterocycles. The van der Waals surface area contributed by atoms with Crippen molar-refractivity contribution in [2.75, 3.05) is 40.0 Å². The molecule has 0 spiro atoms. The second kappa shape index (κ2) is 15.7. The molecule has 3 unspecified atom stereocenters. The van der Waals surface area contributed by atoms with Gasteiger partial charge in [-0.3, -0.25) is 24.0 Å².